The number of anilines is 1. The van der Waals surface area contributed by atoms with Crippen LogP contribution in [0.4, 0.5) is 18.9 Å². The quantitative estimate of drug-likeness (QED) is 0.706. The van der Waals surface area contributed by atoms with Crippen LogP contribution in [0.5, 0.6) is 5.75 Å². The van der Waals surface area contributed by atoms with Gasteiger partial charge in [-0.15, -0.1) is 0 Å². The first-order valence-electron chi connectivity index (χ1n) is 9.22. The molecule has 1 atom stereocenters. The molecule has 1 fully saturated rings. The number of hydrogen-bond donors (Lipinski definition) is 1. The minimum Gasteiger partial charge on any atom is -0.480 e. The van der Waals surface area contributed by atoms with Gasteiger partial charge in [0, 0.05) is 18.8 Å². The summed E-state index contributed by atoms with van der Waals surface area (Å²) in [6.07, 6.45) is -4.15. The standard InChI is InChI=1S/C20H21F3N2O4S/c1-13(29-18-6-4-3-5-17(18)20(21,22)23)19(26)24-14-7-11-16(12-8-14)30(27,28)25(2)15-9-10-15/h3-8,11-13,15H,9-10H2,1-2H3,(H,24,26). The summed E-state index contributed by atoms with van der Waals surface area (Å²) >= 11 is 0. The van der Waals surface area contributed by atoms with E-state index in [2.05, 4.69) is 5.32 Å². The molecule has 0 spiro atoms. The molecule has 0 aliphatic heterocycles. The monoisotopic (exact) mass is 442 g/mol. The minimum atomic E-state index is -4.61. The van der Waals surface area contributed by atoms with Gasteiger partial charge in [0.25, 0.3) is 5.91 Å². The highest BCUT2D eigenvalue weighted by molar-refractivity contribution is 7.89. The number of hydrogen-bond acceptors (Lipinski definition) is 4. The fourth-order valence-corrected chi connectivity index (χ4v) is 4.22. The number of benzene rings is 2. The van der Waals surface area contributed by atoms with Crippen LogP contribution in [0.25, 0.3) is 0 Å². The fraction of sp³-hybridized carbons (Fsp3) is 0.350. The predicted octanol–water partition coefficient (Wildman–Crippen LogP) is 3.89. The van der Waals surface area contributed by atoms with Crippen LogP contribution in [-0.4, -0.2) is 37.8 Å². The molecule has 0 bridgehead atoms. The zero-order valence-electron chi connectivity index (χ0n) is 16.3. The van der Waals surface area contributed by atoms with Gasteiger partial charge in [-0.2, -0.15) is 17.5 Å². The largest absolute Gasteiger partial charge is 0.480 e. The molecule has 30 heavy (non-hydrogen) atoms. The van der Waals surface area contributed by atoms with Crippen molar-refractivity contribution in [1.29, 1.82) is 0 Å². The highest BCUT2D eigenvalue weighted by Gasteiger charge is 2.36. The molecule has 0 radical (unpaired) electrons. The summed E-state index contributed by atoms with van der Waals surface area (Å²) in [6.45, 7) is 1.33. The Labute approximate surface area is 172 Å². The third-order valence-electron chi connectivity index (χ3n) is 4.73. The Bertz CT molecular complexity index is 1020. The molecule has 2 aromatic carbocycles. The van der Waals surface area contributed by atoms with Crippen molar-refractivity contribution in [3.63, 3.8) is 0 Å². The molecular formula is C20H21F3N2O4S. The van der Waals surface area contributed by atoms with E-state index in [9.17, 15) is 26.4 Å². The van der Waals surface area contributed by atoms with Crippen LogP contribution in [0, 0.1) is 0 Å². The molecular weight excluding hydrogens is 421 g/mol. The molecule has 162 valence electrons. The second kappa shape index (κ2) is 8.27. The first-order chi connectivity index (χ1) is 14.0. The zero-order valence-corrected chi connectivity index (χ0v) is 17.1. The van der Waals surface area contributed by atoms with Gasteiger partial charge in [0.2, 0.25) is 10.0 Å². The van der Waals surface area contributed by atoms with Crippen LogP contribution in [-0.2, 0) is 21.0 Å². The third-order valence-corrected chi connectivity index (χ3v) is 6.65. The molecule has 1 aliphatic carbocycles. The van der Waals surface area contributed by atoms with E-state index in [0.29, 0.717) is 5.69 Å². The van der Waals surface area contributed by atoms with E-state index >= 15 is 0 Å². The van der Waals surface area contributed by atoms with Gasteiger partial charge in [0.05, 0.1) is 10.5 Å². The molecule has 1 unspecified atom stereocenters. The van der Waals surface area contributed by atoms with Crippen molar-refractivity contribution in [2.24, 2.45) is 0 Å². The van der Waals surface area contributed by atoms with Crippen LogP contribution in [0.15, 0.2) is 53.4 Å². The molecule has 0 aromatic heterocycles. The van der Waals surface area contributed by atoms with Crippen molar-refractivity contribution >= 4 is 21.6 Å². The average Bonchev–Trinajstić information content (AvgIpc) is 3.52. The molecule has 1 N–H and O–H groups in total. The van der Waals surface area contributed by atoms with Crippen molar-refractivity contribution in [2.45, 2.75) is 43.0 Å². The number of carbonyl (C=O) groups excluding carboxylic acids is 1. The summed E-state index contributed by atoms with van der Waals surface area (Å²) in [4.78, 5) is 12.4. The number of rotatable bonds is 7. The van der Waals surface area contributed by atoms with Crippen molar-refractivity contribution in [2.75, 3.05) is 12.4 Å². The Morgan fingerprint density at radius 1 is 1.13 bits per heavy atom. The van der Waals surface area contributed by atoms with Crippen molar-refractivity contribution in [3.8, 4) is 5.75 Å². The van der Waals surface area contributed by atoms with Crippen LogP contribution >= 0.6 is 0 Å². The molecule has 1 saturated carbocycles. The summed E-state index contributed by atoms with van der Waals surface area (Å²) in [5, 5.41) is 2.51. The van der Waals surface area contributed by atoms with Gasteiger partial charge in [-0.25, -0.2) is 8.42 Å². The second-order valence-electron chi connectivity index (χ2n) is 7.02. The molecule has 2 aromatic rings. The van der Waals surface area contributed by atoms with E-state index in [1.807, 2.05) is 0 Å². The Morgan fingerprint density at radius 2 is 1.73 bits per heavy atom. The zero-order chi connectivity index (χ0) is 22.1. The number of halogens is 3. The van der Waals surface area contributed by atoms with Crippen LogP contribution in [0.2, 0.25) is 0 Å². The summed E-state index contributed by atoms with van der Waals surface area (Å²) in [5.41, 5.74) is -0.674. The summed E-state index contributed by atoms with van der Waals surface area (Å²) in [6, 6.07) is 10.2. The van der Waals surface area contributed by atoms with Crippen LogP contribution < -0.4 is 10.1 Å². The summed E-state index contributed by atoms with van der Waals surface area (Å²) in [7, 11) is -2.08. The number of carbonyl (C=O) groups is 1. The van der Waals surface area contributed by atoms with E-state index in [0.717, 1.165) is 25.0 Å². The lowest BCUT2D eigenvalue weighted by Crippen LogP contribution is -2.31. The van der Waals surface area contributed by atoms with Crippen molar-refractivity contribution in [1.82, 2.24) is 4.31 Å². The van der Waals surface area contributed by atoms with E-state index < -0.39 is 39.5 Å². The second-order valence-corrected chi connectivity index (χ2v) is 9.02. The van der Waals surface area contributed by atoms with E-state index in [1.54, 1.807) is 0 Å². The Balaban J connectivity index is 1.66. The number of nitrogens with one attached hydrogen (secondary N) is 1. The third kappa shape index (κ3) is 4.93. The lowest BCUT2D eigenvalue weighted by Gasteiger charge is -2.19. The number of para-hydroxylation sites is 1. The fourth-order valence-electron chi connectivity index (χ4n) is 2.80. The van der Waals surface area contributed by atoms with Crippen molar-refractivity contribution in [3.05, 3.63) is 54.1 Å². The molecule has 0 saturated heterocycles. The lowest BCUT2D eigenvalue weighted by atomic mass is 10.2. The Hall–Kier alpha value is -2.59. The van der Waals surface area contributed by atoms with Crippen molar-refractivity contribution < 1.29 is 31.1 Å². The van der Waals surface area contributed by atoms with Gasteiger partial charge in [-0.1, -0.05) is 12.1 Å². The number of alkyl halides is 3. The number of nitrogens with zero attached hydrogens (tertiary/aromatic N) is 1. The number of amides is 1. The molecule has 3 rings (SSSR count). The highest BCUT2D eigenvalue weighted by Crippen LogP contribution is 2.36. The van der Waals surface area contributed by atoms with Gasteiger partial charge >= 0.3 is 6.18 Å². The van der Waals surface area contributed by atoms with Gasteiger partial charge < -0.3 is 10.1 Å². The summed E-state index contributed by atoms with van der Waals surface area (Å²) < 4.78 is 70.7. The highest BCUT2D eigenvalue weighted by atomic mass is 32.2. The maximum atomic E-state index is 13.1. The molecule has 1 aliphatic rings. The minimum absolute atomic E-state index is 0.0203. The summed E-state index contributed by atoms with van der Waals surface area (Å²) in [5.74, 6) is -1.12. The molecule has 10 heteroatoms. The smallest absolute Gasteiger partial charge is 0.419 e. The van der Waals surface area contributed by atoms with Gasteiger partial charge in [0.1, 0.15) is 5.75 Å². The SMILES string of the molecule is CC(Oc1ccccc1C(F)(F)F)C(=O)Nc1ccc(S(=O)(=O)N(C)C2CC2)cc1. The van der Waals surface area contributed by atoms with Gasteiger partial charge in [-0.3, -0.25) is 4.79 Å². The predicted molar refractivity (Wildman–Crippen MR) is 105 cm³/mol. The number of ether oxygens (including phenoxy) is 1. The Morgan fingerprint density at radius 3 is 2.30 bits per heavy atom. The van der Waals surface area contributed by atoms with Crippen LogP contribution in [0.3, 0.4) is 0 Å². The van der Waals surface area contributed by atoms with Crippen LogP contribution in [0.1, 0.15) is 25.3 Å². The van der Waals surface area contributed by atoms with E-state index in [4.69, 9.17) is 4.74 Å². The Kier molecular flexibility index (Phi) is 6.09. The normalized spacial score (nSPS) is 15.7. The van der Waals surface area contributed by atoms with E-state index in [-0.39, 0.29) is 10.9 Å². The molecule has 0 heterocycles. The van der Waals surface area contributed by atoms with E-state index in [1.165, 1.54) is 54.7 Å². The lowest BCUT2D eigenvalue weighted by molar-refractivity contribution is -0.140. The first-order valence-corrected chi connectivity index (χ1v) is 10.7. The maximum absolute atomic E-state index is 13.1. The molecule has 6 nitrogen and oxygen atoms in total. The van der Waals surface area contributed by atoms with Gasteiger partial charge in [-0.05, 0) is 56.2 Å². The maximum Gasteiger partial charge on any atom is 0.419 e. The topological polar surface area (TPSA) is 75.7 Å². The average molecular weight is 442 g/mol. The number of sulfonamides is 1. The molecule has 1 amide bonds. The van der Waals surface area contributed by atoms with Gasteiger partial charge in [0.15, 0.2) is 6.10 Å². The first kappa shape index (κ1) is 22.1.